The average molecular weight is 485 g/mol. The summed E-state index contributed by atoms with van der Waals surface area (Å²) >= 11 is 0. The van der Waals surface area contributed by atoms with Gasteiger partial charge in [0.15, 0.2) is 5.82 Å². The van der Waals surface area contributed by atoms with Gasteiger partial charge in [0.1, 0.15) is 29.1 Å². The minimum absolute atomic E-state index is 0.147. The van der Waals surface area contributed by atoms with E-state index in [1.54, 1.807) is 23.1 Å². The highest BCUT2D eigenvalue weighted by Gasteiger charge is 2.28. The van der Waals surface area contributed by atoms with E-state index in [4.69, 9.17) is 4.74 Å². The molecular weight excluding hydrogens is 463 g/mol. The molecular formula is C24H22F3N5O3. The Labute approximate surface area is 198 Å². The van der Waals surface area contributed by atoms with Gasteiger partial charge in [-0.1, -0.05) is 6.07 Å². The van der Waals surface area contributed by atoms with Gasteiger partial charge in [0.05, 0.1) is 30.3 Å². The molecule has 0 radical (unpaired) electrons. The number of aliphatic hydroxyl groups is 1. The van der Waals surface area contributed by atoms with E-state index in [-0.39, 0.29) is 34.6 Å². The molecule has 182 valence electrons. The van der Waals surface area contributed by atoms with Crippen LogP contribution in [-0.4, -0.2) is 56.9 Å². The lowest BCUT2D eigenvalue weighted by Gasteiger charge is -2.26. The molecule has 0 spiro atoms. The van der Waals surface area contributed by atoms with Crippen molar-refractivity contribution in [2.75, 3.05) is 13.7 Å². The fourth-order valence-corrected chi connectivity index (χ4v) is 3.74. The number of aliphatic hydroxyl groups excluding tert-OH is 1. The first-order valence-corrected chi connectivity index (χ1v) is 10.6. The van der Waals surface area contributed by atoms with E-state index in [0.29, 0.717) is 0 Å². The Morgan fingerprint density at radius 1 is 1.17 bits per heavy atom. The SMILES string of the molecule is CO[C@@H](CO)[C@@H](Cn1cccn1)NC(=O)c1cccc(F)c1-c1[nH]nc(-c2ccc(F)cc2)c1F. The van der Waals surface area contributed by atoms with Crippen molar-refractivity contribution in [1.29, 1.82) is 0 Å². The summed E-state index contributed by atoms with van der Waals surface area (Å²) in [6.45, 7) is -0.232. The molecule has 1 amide bonds. The number of nitrogens with zero attached hydrogens (tertiary/aromatic N) is 3. The van der Waals surface area contributed by atoms with Gasteiger partial charge in [0.2, 0.25) is 0 Å². The highest BCUT2D eigenvalue weighted by Crippen LogP contribution is 2.32. The maximum absolute atomic E-state index is 15.3. The normalized spacial score (nSPS) is 12.9. The number of hydrogen-bond donors (Lipinski definition) is 3. The molecule has 8 nitrogen and oxygen atoms in total. The van der Waals surface area contributed by atoms with Crippen LogP contribution in [0.4, 0.5) is 13.2 Å². The second-order valence-electron chi connectivity index (χ2n) is 7.70. The minimum atomic E-state index is -0.894. The average Bonchev–Trinajstić information content (AvgIpc) is 3.50. The number of ether oxygens (including phenoxy) is 1. The van der Waals surface area contributed by atoms with E-state index in [2.05, 4.69) is 20.6 Å². The third kappa shape index (κ3) is 5.10. The molecule has 2 aromatic carbocycles. The minimum Gasteiger partial charge on any atom is -0.394 e. The van der Waals surface area contributed by atoms with Gasteiger partial charge in [-0.3, -0.25) is 14.6 Å². The molecule has 2 atom stereocenters. The standard InChI is InChI=1S/C24H22F3N5O3/c1-35-19(13-33)18(12-32-11-3-10-28-32)29-24(34)16-4-2-5-17(26)20(16)23-21(27)22(30-31-23)14-6-8-15(25)9-7-14/h2-11,18-19,33H,12-13H2,1H3,(H,29,34)(H,30,31)/t18-,19+/m1/s1. The molecule has 0 saturated carbocycles. The van der Waals surface area contributed by atoms with Crippen LogP contribution in [0.1, 0.15) is 10.4 Å². The van der Waals surface area contributed by atoms with Gasteiger partial charge in [-0.05, 0) is 42.5 Å². The largest absolute Gasteiger partial charge is 0.394 e. The third-order valence-electron chi connectivity index (χ3n) is 5.52. The van der Waals surface area contributed by atoms with Crippen molar-refractivity contribution in [3.63, 3.8) is 0 Å². The highest BCUT2D eigenvalue weighted by atomic mass is 19.1. The topological polar surface area (TPSA) is 105 Å². The van der Waals surface area contributed by atoms with Crippen LogP contribution in [0.2, 0.25) is 0 Å². The lowest BCUT2D eigenvalue weighted by Crippen LogP contribution is -2.48. The van der Waals surface area contributed by atoms with Gasteiger partial charge in [0.25, 0.3) is 5.91 Å². The van der Waals surface area contributed by atoms with Crippen molar-refractivity contribution in [1.82, 2.24) is 25.3 Å². The summed E-state index contributed by atoms with van der Waals surface area (Å²) in [6.07, 6.45) is 2.45. The molecule has 0 fully saturated rings. The number of benzene rings is 2. The lowest BCUT2D eigenvalue weighted by molar-refractivity contribution is 0.0167. The molecule has 2 heterocycles. The third-order valence-corrected chi connectivity index (χ3v) is 5.52. The number of carbonyl (C=O) groups is 1. The molecule has 35 heavy (non-hydrogen) atoms. The molecule has 0 aliphatic carbocycles. The molecule has 0 unspecified atom stereocenters. The van der Waals surface area contributed by atoms with E-state index in [9.17, 15) is 18.7 Å². The van der Waals surface area contributed by atoms with Gasteiger partial charge in [-0.25, -0.2) is 13.2 Å². The van der Waals surface area contributed by atoms with Crippen LogP contribution in [0.5, 0.6) is 0 Å². The number of halogens is 3. The number of amides is 1. The van der Waals surface area contributed by atoms with Crippen molar-refractivity contribution in [2.45, 2.75) is 18.7 Å². The Kier molecular flexibility index (Phi) is 7.28. The Morgan fingerprint density at radius 3 is 2.60 bits per heavy atom. The summed E-state index contributed by atoms with van der Waals surface area (Å²) in [5.74, 6) is -2.96. The molecule has 0 aliphatic heterocycles. The zero-order valence-electron chi connectivity index (χ0n) is 18.6. The van der Waals surface area contributed by atoms with E-state index >= 15 is 4.39 Å². The van der Waals surface area contributed by atoms with Crippen LogP contribution >= 0.6 is 0 Å². The smallest absolute Gasteiger partial charge is 0.252 e. The van der Waals surface area contributed by atoms with Crippen molar-refractivity contribution < 1.29 is 27.8 Å². The second-order valence-corrected chi connectivity index (χ2v) is 7.70. The van der Waals surface area contributed by atoms with Gasteiger partial charge < -0.3 is 15.2 Å². The predicted molar refractivity (Wildman–Crippen MR) is 121 cm³/mol. The van der Waals surface area contributed by atoms with Crippen LogP contribution < -0.4 is 5.32 Å². The molecule has 2 aromatic heterocycles. The summed E-state index contributed by atoms with van der Waals surface area (Å²) in [5.41, 5.74) is -0.679. The monoisotopic (exact) mass is 485 g/mol. The fourth-order valence-electron chi connectivity index (χ4n) is 3.74. The zero-order chi connectivity index (χ0) is 24.9. The first-order valence-electron chi connectivity index (χ1n) is 10.6. The fraction of sp³-hybridized carbons (Fsp3) is 0.208. The first-order chi connectivity index (χ1) is 16.9. The Balaban J connectivity index is 1.69. The van der Waals surface area contributed by atoms with Crippen molar-refractivity contribution in [3.8, 4) is 22.5 Å². The number of aromatic nitrogens is 4. The predicted octanol–water partition coefficient (Wildman–Crippen LogP) is 3.16. The number of rotatable bonds is 9. The zero-order valence-corrected chi connectivity index (χ0v) is 18.6. The van der Waals surface area contributed by atoms with Crippen molar-refractivity contribution >= 4 is 5.91 Å². The number of aromatic amines is 1. The number of hydrogen-bond acceptors (Lipinski definition) is 5. The molecule has 0 aliphatic rings. The Hall–Kier alpha value is -3.96. The number of methoxy groups -OCH3 is 1. The van der Waals surface area contributed by atoms with Crippen LogP contribution in [0.25, 0.3) is 22.5 Å². The van der Waals surface area contributed by atoms with E-state index in [1.807, 2.05) is 0 Å². The van der Waals surface area contributed by atoms with Crippen LogP contribution in [0.3, 0.4) is 0 Å². The molecule has 11 heteroatoms. The molecule has 3 N–H and O–H groups in total. The van der Waals surface area contributed by atoms with Gasteiger partial charge in [0, 0.05) is 25.1 Å². The summed E-state index contributed by atoms with van der Waals surface area (Å²) in [4.78, 5) is 13.2. The van der Waals surface area contributed by atoms with Crippen molar-refractivity contribution in [3.05, 3.63) is 83.9 Å². The Bertz CT molecular complexity index is 1290. The van der Waals surface area contributed by atoms with Gasteiger partial charge >= 0.3 is 0 Å². The summed E-state index contributed by atoms with van der Waals surface area (Å²) in [5, 5.41) is 22.9. The summed E-state index contributed by atoms with van der Waals surface area (Å²) in [7, 11) is 1.38. The quantitative estimate of drug-likeness (QED) is 0.338. The van der Waals surface area contributed by atoms with Gasteiger partial charge in [-0.2, -0.15) is 10.2 Å². The van der Waals surface area contributed by atoms with E-state index < -0.39 is 42.1 Å². The second kappa shape index (κ2) is 10.5. The maximum atomic E-state index is 15.3. The summed E-state index contributed by atoms with van der Waals surface area (Å²) in [6, 6.07) is 9.70. The highest BCUT2D eigenvalue weighted by molar-refractivity contribution is 6.01. The number of H-pyrrole nitrogens is 1. The molecule has 0 bridgehead atoms. The summed E-state index contributed by atoms with van der Waals surface area (Å²) < 4.78 is 50.4. The molecule has 4 aromatic rings. The van der Waals surface area contributed by atoms with E-state index in [1.165, 1.54) is 31.4 Å². The van der Waals surface area contributed by atoms with E-state index in [0.717, 1.165) is 18.2 Å². The Morgan fingerprint density at radius 2 is 1.94 bits per heavy atom. The maximum Gasteiger partial charge on any atom is 0.252 e. The van der Waals surface area contributed by atoms with Crippen LogP contribution in [-0.2, 0) is 11.3 Å². The first kappa shape index (κ1) is 24.2. The number of carbonyl (C=O) groups excluding carboxylic acids is 1. The van der Waals surface area contributed by atoms with Crippen LogP contribution in [0.15, 0.2) is 60.9 Å². The molecule has 0 saturated heterocycles. The van der Waals surface area contributed by atoms with Crippen molar-refractivity contribution in [2.24, 2.45) is 0 Å². The number of nitrogens with one attached hydrogen (secondary N) is 2. The van der Waals surface area contributed by atoms with Gasteiger partial charge in [-0.15, -0.1) is 0 Å². The van der Waals surface area contributed by atoms with Crippen LogP contribution in [0, 0.1) is 17.5 Å². The molecule has 4 rings (SSSR count). The lowest BCUT2D eigenvalue weighted by atomic mass is 10.0.